The minimum Gasteiger partial charge on any atom is -0.383 e. The molecule has 1 atom stereocenters. The zero-order valence-electron chi connectivity index (χ0n) is 18.5. The molecule has 0 radical (unpaired) electrons. The van der Waals surface area contributed by atoms with E-state index in [2.05, 4.69) is 4.99 Å². The molecular formula is C28H26N3OP. The maximum absolute atomic E-state index is 14.7. The Bertz CT molecular complexity index is 1240. The van der Waals surface area contributed by atoms with Crippen molar-refractivity contribution in [2.45, 2.75) is 12.7 Å². The van der Waals surface area contributed by atoms with Crippen molar-refractivity contribution in [3.8, 4) is 0 Å². The molecule has 2 N–H and O–H groups in total. The second-order valence-corrected chi connectivity index (χ2v) is 10.7. The predicted octanol–water partition coefficient (Wildman–Crippen LogP) is 5.20. The standard InChI is InChI=1S/C28H26N3OP/c1-22(33(32,25-18-10-4-11-19-25)26-20-12-5-13-21-26)30-28(24-16-8-3-9-17-24)31-27(29)23-14-6-2-7-15-23/h2-22H,1H3,(H2,29,30,31). The Labute approximate surface area is 194 Å². The minimum atomic E-state index is -3.10. The van der Waals surface area contributed by atoms with Crippen molar-refractivity contribution >= 4 is 29.4 Å². The Morgan fingerprint density at radius 1 is 0.667 bits per heavy atom. The number of nitrogens with two attached hydrogens (primary N) is 1. The van der Waals surface area contributed by atoms with Gasteiger partial charge in [0.1, 0.15) is 11.6 Å². The Balaban J connectivity index is 1.85. The zero-order valence-corrected chi connectivity index (χ0v) is 19.3. The molecule has 1 unspecified atom stereocenters. The summed E-state index contributed by atoms with van der Waals surface area (Å²) in [6.45, 7) is 1.89. The summed E-state index contributed by atoms with van der Waals surface area (Å²) < 4.78 is 14.7. The fraction of sp³-hybridized carbons (Fsp3) is 0.0714. The van der Waals surface area contributed by atoms with Gasteiger partial charge >= 0.3 is 0 Å². The molecular weight excluding hydrogens is 425 g/mol. The number of amidine groups is 2. The molecule has 0 saturated carbocycles. The maximum atomic E-state index is 14.7. The summed E-state index contributed by atoms with van der Waals surface area (Å²) in [7, 11) is -3.10. The second-order valence-electron chi connectivity index (χ2n) is 7.64. The lowest BCUT2D eigenvalue weighted by Gasteiger charge is -2.24. The van der Waals surface area contributed by atoms with Crippen LogP contribution < -0.4 is 16.3 Å². The molecule has 0 amide bonds. The van der Waals surface area contributed by atoms with Crippen molar-refractivity contribution in [2.75, 3.05) is 0 Å². The summed E-state index contributed by atoms with van der Waals surface area (Å²) in [5.74, 6) is 0.265. The number of hydrogen-bond donors (Lipinski definition) is 1. The molecule has 4 nitrogen and oxygen atoms in total. The van der Waals surface area contributed by atoms with Crippen LogP contribution in [0.2, 0.25) is 0 Å². The lowest BCUT2D eigenvalue weighted by molar-refractivity contribution is 0.580. The molecule has 0 aliphatic carbocycles. The van der Waals surface area contributed by atoms with E-state index in [4.69, 9.17) is 10.7 Å². The molecule has 0 aliphatic rings. The lowest BCUT2D eigenvalue weighted by Crippen LogP contribution is -2.24. The van der Waals surface area contributed by atoms with E-state index < -0.39 is 12.9 Å². The Hall–Kier alpha value is -3.75. The van der Waals surface area contributed by atoms with Gasteiger partial charge in [0.15, 0.2) is 13.0 Å². The molecule has 33 heavy (non-hydrogen) atoms. The quantitative estimate of drug-likeness (QED) is 0.249. The van der Waals surface area contributed by atoms with Gasteiger partial charge in [-0.05, 0) is 6.92 Å². The second kappa shape index (κ2) is 10.2. The molecule has 164 valence electrons. The molecule has 0 aliphatic heterocycles. The van der Waals surface area contributed by atoms with Crippen LogP contribution in [0.5, 0.6) is 0 Å². The van der Waals surface area contributed by atoms with E-state index in [1.54, 1.807) is 0 Å². The largest absolute Gasteiger partial charge is 0.383 e. The Kier molecular flexibility index (Phi) is 6.97. The lowest BCUT2D eigenvalue weighted by atomic mass is 10.2. The van der Waals surface area contributed by atoms with Crippen LogP contribution in [0, 0.1) is 0 Å². The first kappa shape index (κ1) is 22.4. The van der Waals surface area contributed by atoms with Gasteiger partial charge in [0, 0.05) is 21.7 Å². The normalized spacial score (nSPS) is 13.5. The molecule has 0 bridgehead atoms. The Morgan fingerprint density at radius 2 is 1.06 bits per heavy atom. The van der Waals surface area contributed by atoms with Gasteiger partial charge in [0.2, 0.25) is 0 Å². The van der Waals surface area contributed by atoms with Crippen LogP contribution >= 0.6 is 7.14 Å². The molecule has 4 rings (SSSR count). The summed E-state index contributed by atoms with van der Waals surface area (Å²) >= 11 is 0. The van der Waals surface area contributed by atoms with Crippen molar-refractivity contribution in [3.63, 3.8) is 0 Å². The van der Waals surface area contributed by atoms with Gasteiger partial charge in [-0.1, -0.05) is 121 Å². The number of rotatable bonds is 6. The number of nitrogens with zero attached hydrogens (tertiary/aromatic N) is 2. The summed E-state index contributed by atoms with van der Waals surface area (Å²) in [5, 5.41) is 1.53. The Morgan fingerprint density at radius 3 is 1.52 bits per heavy atom. The first-order valence-corrected chi connectivity index (χ1v) is 12.6. The molecule has 0 fully saturated rings. The number of hydrogen-bond acceptors (Lipinski definition) is 2. The topological polar surface area (TPSA) is 67.8 Å². The summed E-state index contributed by atoms with van der Waals surface area (Å²) in [6, 6.07) is 38.3. The van der Waals surface area contributed by atoms with Gasteiger partial charge < -0.3 is 10.3 Å². The van der Waals surface area contributed by atoms with Crippen LogP contribution in [0.15, 0.2) is 131 Å². The molecule has 0 heterocycles. The highest BCUT2D eigenvalue weighted by atomic mass is 31.2. The highest BCUT2D eigenvalue weighted by molar-refractivity contribution is 7.79. The molecule has 0 saturated heterocycles. The van der Waals surface area contributed by atoms with Crippen molar-refractivity contribution in [2.24, 2.45) is 15.7 Å². The van der Waals surface area contributed by atoms with Crippen LogP contribution in [-0.4, -0.2) is 17.5 Å². The van der Waals surface area contributed by atoms with E-state index in [-0.39, 0.29) is 0 Å². The average molecular weight is 452 g/mol. The van der Waals surface area contributed by atoms with E-state index in [9.17, 15) is 4.57 Å². The SMILES string of the molecule is CC(N=C(N=C(N)c1ccccc1)c1ccccc1)P(=O)(c1ccccc1)c1ccccc1. The minimum absolute atomic E-state index is 0.361. The van der Waals surface area contributed by atoms with Gasteiger partial charge in [-0.3, -0.25) is 4.99 Å². The summed E-state index contributed by atoms with van der Waals surface area (Å²) in [5.41, 5.74) is 7.96. The zero-order chi connectivity index (χ0) is 23.1. The smallest absolute Gasteiger partial charge is 0.166 e. The van der Waals surface area contributed by atoms with Crippen LogP contribution in [0.3, 0.4) is 0 Å². The third-order valence-electron chi connectivity index (χ3n) is 5.44. The average Bonchev–Trinajstić information content (AvgIpc) is 2.89. The first-order valence-electron chi connectivity index (χ1n) is 10.8. The molecule has 4 aromatic rings. The van der Waals surface area contributed by atoms with Crippen LogP contribution in [0.25, 0.3) is 0 Å². The van der Waals surface area contributed by atoms with Crippen LogP contribution in [0.1, 0.15) is 18.1 Å². The van der Waals surface area contributed by atoms with E-state index in [0.29, 0.717) is 11.7 Å². The molecule has 0 spiro atoms. The number of benzene rings is 4. The molecule has 5 heteroatoms. The van der Waals surface area contributed by atoms with E-state index >= 15 is 0 Å². The number of aliphatic imine (C=N–C) groups is 2. The highest BCUT2D eigenvalue weighted by Gasteiger charge is 2.34. The fourth-order valence-corrected chi connectivity index (χ4v) is 6.34. The van der Waals surface area contributed by atoms with Crippen LogP contribution in [-0.2, 0) is 4.57 Å². The van der Waals surface area contributed by atoms with Crippen molar-refractivity contribution in [1.82, 2.24) is 0 Å². The maximum Gasteiger partial charge on any atom is 0.166 e. The summed E-state index contributed by atoms with van der Waals surface area (Å²) in [6.07, 6.45) is 0. The monoisotopic (exact) mass is 451 g/mol. The predicted molar refractivity (Wildman–Crippen MR) is 139 cm³/mol. The van der Waals surface area contributed by atoms with Crippen molar-refractivity contribution in [1.29, 1.82) is 0 Å². The van der Waals surface area contributed by atoms with E-state index in [0.717, 1.165) is 21.7 Å². The molecule has 4 aromatic carbocycles. The van der Waals surface area contributed by atoms with E-state index in [1.807, 2.05) is 128 Å². The third-order valence-corrected chi connectivity index (χ3v) is 8.74. The van der Waals surface area contributed by atoms with Crippen LogP contribution in [0.4, 0.5) is 0 Å². The fourth-order valence-electron chi connectivity index (χ4n) is 3.68. The first-order chi connectivity index (χ1) is 16.1. The van der Waals surface area contributed by atoms with Gasteiger partial charge in [-0.2, -0.15) is 0 Å². The van der Waals surface area contributed by atoms with Crippen molar-refractivity contribution < 1.29 is 4.57 Å². The summed E-state index contributed by atoms with van der Waals surface area (Å²) in [4.78, 5) is 9.60. The van der Waals surface area contributed by atoms with Crippen molar-refractivity contribution in [3.05, 3.63) is 132 Å². The van der Waals surface area contributed by atoms with Gasteiger partial charge in [-0.15, -0.1) is 0 Å². The third kappa shape index (κ3) is 5.02. The van der Waals surface area contributed by atoms with E-state index in [1.165, 1.54) is 0 Å². The van der Waals surface area contributed by atoms with Gasteiger partial charge in [0.25, 0.3) is 0 Å². The molecule has 0 aromatic heterocycles. The van der Waals surface area contributed by atoms with Gasteiger partial charge in [0.05, 0.1) is 0 Å². The van der Waals surface area contributed by atoms with Gasteiger partial charge in [-0.25, -0.2) is 4.99 Å². The highest BCUT2D eigenvalue weighted by Crippen LogP contribution is 2.49.